The van der Waals surface area contributed by atoms with Crippen molar-refractivity contribution in [3.63, 3.8) is 0 Å². The lowest BCUT2D eigenvalue weighted by atomic mass is 10.2. The second-order valence-corrected chi connectivity index (χ2v) is 8.22. The van der Waals surface area contributed by atoms with E-state index < -0.39 is 22.8 Å². The average molecular weight is 533 g/mol. The number of hydrogen-bond donors (Lipinski definition) is 4. The van der Waals surface area contributed by atoms with E-state index in [1.54, 1.807) is 48.7 Å². The SMILES string of the molecule is O=C(Nc1ccc(Nc2nccc(Nc3cccc(Cl)c3)n2)cc1)Nc1ccc(Cl)c(C(F)(F)F)c1. The summed E-state index contributed by atoms with van der Waals surface area (Å²) in [7, 11) is 0. The summed E-state index contributed by atoms with van der Waals surface area (Å²) in [5.41, 5.74) is 0.750. The predicted octanol–water partition coefficient (Wildman–Crippen LogP) is 7.93. The molecule has 4 aromatic rings. The third-order valence-corrected chi connectivity index (χ3v) is 5.25. The van der Waals surface area contributed by atoms with Crippen LogP contribution in [0.15, 0.2) is 79.0 Å². The summed E-state index contributed by atoms with van der Waals surface area (Å²) in [4.78, 5) is 20.8. The van der Waals surface area contributed by atoms with Crippen molar-refractivity contribution < 1.29 is 18.0 Å². The molecule has 0 spiro atoms. The third-order valence-electron chi connectivity index (χ3n) is 4.68. The number of urea groups is 1. The van der Waals surface area contributed by atoms with Crippen LogP contribution >= 0.6 is 23.2 Å². The van der Waals surface area contributed by atoms with Crippen molar-refractivity contribution in [1.29, 1.82) is 0 Å². The standard InChI is InChI=1S/C24H17Cl2F3N6O/c25-14-2-1-3-17(12-14)31-21-10-11-30-22(35-21)32-15-4-6-16(7-5-15)33-23(36)34-18-8-9-20(26)19(13-18)24(27,28)29/h1-13H,(H2,33,34,36)(H2,30,31,32,35). The van der Waals surface area contributed by atoms with Crippen molar-refractivity contribution in [3.8, 4) is 0 Å². The van der Waals surface area contributed by atoms with Gasteiger partial charge in [-0.2, -0.15) is 18.2 Å². The van der Waals surface area contributed by atoms with Crippen LogP contribution in [0, 0.1) is 0 Å². The van der Waals surface area contributed by atoms with Crippen molar-refractivity contribution in [2.45, 2.75) is 6.18 Å². The molecule has 12 heteroatoms. The lowest BCUT2D eigenvalue weighted by molar-refractivity contribution is -0.137. The second-order valence-electron chi connectivity index (χ2n) is 7.37. The van der Waals surface area contributed by atoms with Crippen molar-refractivity contribution >= 4 is 63.7 Å². The Balaban J connectivity index is 1.36. The molecule has 0 aliphatic rings. The zero-order valence-corrected chi connectivity index (χ0v) is 19.7. The summed E-state index contributed by atoms with van der Waals surface area (Å²) in [6.45, 7) is 0. The van der Waals surface area contributed by atoms with E-state index in [0.717, 1.165) is 17.8 Å². The molecular weight excluding hydrogens is 516 g/mol. The number of rotatable bonds is 6. The maximum absolute atomic E-state index is 13.0. The van der Waals surface area contributed by atoms with Gasteiger partial charge in [0.2, 0.25) is 5.95 Å². The first kappa shape index (κ1) is 25.1. The van der Waals surface area contributed by atoms with E-state index in [0.29, 0.717) is 28.2 Å². The van der Waals surface area contributed by atoms with Crippen LogP contribution in [0.3, 0.4) is 0 Å². The molecule has 0 aliphatic carbocycles. The van der Waals surface area contributed by atoms with E-state index in [4.69, 9.17) is 23.2 Å². The van der Waals surface area contributed by atoms with Gasteiger partial charge in [-0.1, -0.05) is 29.3 Å². The minimum Gasteiger partial charge on any atom is -0.340 e. The van der Waals surface area contributed by atoms with E-state index in [9.17, 15) is 18.0 Å². The lowest BCUT2D eigenvalue weighted by Gasteiger charge is -2.13. The monoisotopic (exact) mass is 532 g/mol. The maximum Gasteiger partial charge on any atom is 0.417 e. The van der Waals surface area contributed by atoms with Gasteiger partial charge in [-0.25, -0.2) is 9.78 Å². The molecule has 0 aliphatic heterocycles. The number of halogens is 5. The number of anilines is 6. The first-order chi connectivity index (χ1) is 17.2. The molecule has 1 heterocycles. The van der Waals surface area contributed by atoms with Crippen LogP contribution in [0.1, 0.15) is 5.56 Å². The molecule has 4 N–H and O–H groups in total. The van der Waals surface area contributed by atoms with Gasteiger partial charge < -0.3 is 21.3 Å². The molecule has 2 amide bonds. The minimum atomic E-state index is -4.64. The molecule has 36 heavy (non-hydrogen) atoms. The molecule has 7 nitrogen and oxygen atoms in total. The molecule has 184 valence electrons. The van der Waals surface area contributed by atoms with Gasteiger partial charge in [0.25, 0.3) is 0 Å². The van der Waals surface area contributed by atoms with Crippen LogP contribution in [0.2, 0.25) is 10.0 Å². The quantitative estimate of drug-likeness (QED) is 0.202. The van der Waals surface area contributed by atoms with Gasteiger partial charge >= 0.3 is 12.2 Å². The molecule has 1 aromatic heterocycles. The Bertz CT molecular complexity index is 1380. The Hall–Kier alpha value is -4.02. The number of carbonyl (C=O) groups excluding carboxylic acids is 1. The van der Waals surface area contributed by atoms with E-state index in [1.165, 1.54) is 6.07 Å². The van der Waals surface area contributed by atoms with Gasteiger partial charge in [0.05, 0.1) is 10.6 Å². The second kappa shape index (κ2) is 10.7. The van der Waals surface area contributed by atoms with Gasteiger partial charge in [0.15, 0.2) is 0 Å². The van der Waals surface area contributed by atoms with Crippen LogP contribution in [0.5, 0.6) is 0 Å². The number of hydrogen-bond acceptors (Lipinski definition) is 5. The Morgan fingerprint density at radius 1 is 0.778 bits per heavy atom. The third kappa shape index (κ3) is 6.77. The minimum absolute atomic E-state index is 0.0501. The van der Waals surface area contributed by atoms with E-state index >= 15 is 0 Å². The van der Waals surface area contributed by atoms with Crippen LogP contribution in [0.4, 0.5) is 52.5 Å². The normalized spacial score (nSPS) is 11.0. The zero-order valence-electron chi connectivity index (χ0n) is 18.2. The van der Waals surface area contributed by atoms with Gasteiger partial charge in [-0.3, -0.25) is 0 Å². The molecule has 0 unspecified atom stereocenters. The number of carbonyl (C=O) groups is 1. The zero-order chi connectivity index (χ0) is 25.7. The summed E-state index contributed by atoms with van der Waals surface area (Å²) >= 11 is 11.6. The molecule has 0 atom stereocenters. The Morgan fingerprint density at radius 3 is 2.19 bits per heavy atom. The molecular formula is C24H17Cl2F3N6O. The summed E-state index contributed by atoms with van der Waals surface area (Å²) in [5.74, 6) is 0.893. The van der Waals surface area contributed by atoms with Crippen molar-refractivity contribution in [3.05, 3.63) is 94.6 Å². The fourth-order valence-electron chi connectivity index (χ4n) is 3.08. The topological polar surface area (TPSA) is 91.0 Å². The van der Waals surface area contributed by atoms with Gasteiger partial charge in [0, 0.05) is 34.0 Å². The van der Waals surface area contributed by atoms with Crippen molar-refractivity contribution in [2.24, 2.45) is 0 Å². The predicted molar refractivity (Wildman–Crippen MR) is 136 cm³/mol. The van der Waals surface area contributed by atoms with Gasteiger partial charge in [-0.05, 0) is 66.7 Å². The number of alkyl halides is 3. The van der Waals surface area contributed by atoms with E-state index in [-0.39, 0.29) is 5.69 Å². The Kier molecular flexibility index (Phi) is 7.47. The highest BCUT2D eigenvalue weighted by Gasteiger charge is 2.33. The summed E-state index contributed by atoms with van der Waals surface area (Å²) < 4.78 is 39.0. The molecule has 0 radical (unpaired) electrons. The van der Waals surface area contributed by atoms with Crippen LogP contribution in [-0.4, -0.2) is 16.0 Å². The Morgan fingerprint density at radius 2 is 1.47 bits per heavy atom. The number of amides is 2. The van der Waals surface area contributed by atoms with Crippen LogP contribution in [-0.2, 0) is 6.18 Å². The number of nitrogens with zero attached hydrogens (tertiary/aromatic N) is 2. The smallest absolute Gasteiger partial charge is 0.340 e. The first-order valence-corrected chi connectivity index (χ1v) is 11.1. The van der Waals surface area contributed by atoms with Gasteiger partial charge in [0.1, 0.15) is 5.82 Å². The summed E-state index contributed by atoms with van der Waals surface area (Å²) in [5, 5.41) is 11.2. The number of benzene rings is 3. The number of aromatic nitrogens is 2. The van der Waals surface area contributed by atoms with Crippen molar-refractivity contribution in [1.82, 2.24) is 9.97 Å². The lowest BCUT2D eigenvalue weighted by Crippen LogP contribution is -2.19. The van der Waals surface area contributed by atoms with Crippen LogP contribution < -0.4 is 21.3 Å². The summed E-state index contributed by atoms with van der Waals surface area (Å²) in [6.07, 6.45) is -3.05. The van der Waals surface area contributed by atoms with Crippen LogP contribution in [0.25, 0.3) is 0 Å². The molecule has 3 aromatic carbocycles. The largest absolute Gasteiger partial charge is 0.417 e. The molecule has 0 saturated heterocycles. The highest BCUT2D eigenvalue weighted by Crippen LogP contribution is 2.36. The molecule has 0 fully saturated rings. The van der Waals surface area contributed by atoms with Crippen molar-refractivity contribution in [2.75, 3.05) is 21.3 Å². The molecule has 0 saturated carbocycles. The summed E-state index contributed by atoms with van der Waals surface area (Å²) in [6, 6.07) is 17.9. The van der Waals surface area contributed by atoms with E-state index in [1.807, 2.05) is 12.1 Å². The Labute approximate surface area is 213 Å². The highest BCUT2D eigenvalue weighted by molar-refractivity contribution is 6.31. The first-order valence-electron chi connectivity index (χ1n) is 10.3. The van der Waals surface area contributed by atoms with Gasteiger partial charge in [-0.15, -0.1) is 0 Å². The highest BCUT2D eigenvalue weighted by atomic mass is 35.5. The average Bonchev–Trinajstić information content (AvgIpc) is 2.81. The fourth-order valence-corrected chi connectivity index (χ4v) is 3.50. The maximum atomic E-state index is 13.0. The number of nitrogens with one attached hydrogen (secondary N) is 4. The van der Waals surface area contributed by atoms with E-state index in [2.05, 4.69) is 31.2 Å². The fraction of sp³-hybridized carbons (Fsp3) is 0.0417. The molecule has 0 bridgehead atoms. The molecule has 4 rings (SSSR count).